The number of halogens is 1. The quantitative estimate of drug-likeness (QED) is 0.791. The van der Waals surface area contributed by atoms with Gasteiger partial charge in [0.05, 0.1) is 16.8 Å². The van der Waals surface area contributed by atoms with Crippen molar-refractivity contribution >= 4 is 23.2 Å². The average Bonchev–Trinajstić information content (AvgIpc) is 2.23. The molecular weight excluding hydrogens is 212 g/mol. The molecule has 1 aliphatic rings. The van der Waals surface area contributed by atoms with Crippen LogP contribution in [0.3, 0.4) is 0 Å². The number of nitrogens with zero attached hydrogens (tertiary/aromatic N) is 1. The summed E-state index contributed by atoms with van der Waals surface area (Å²) in [5.74, 6) is -0.0330. The van der Waals surface area contributed by atoms with Crippen molar-refractivity contribution in [3.8, 4) is 0 Å². The molecular formula is C11H13ClN2O. The van der Waals surface area contributed by atoms with E-state index in [2.05, 4.69) is 0 Å². The third-order valence-corrected chi connectivity index (χ3v) is 2.94. The maximum atomic E-state index is 11.8. The predicted molar refractivity (Wildman–Crippen MR) is 61.0 cm³/mol. The average molecular weight is 225 g/mol. The van der Waals surface area contributed by atoms with Crippen LogP contribution in [-0.2, 0) is 4.79 Å². The molecule has 0 radical (unpaired) electrons. The Labute approximate surface area is 93.8 Å². The number of hydrogen-bond acceptors (Lipinski definition) is 2. The largest absolute Gasteiger partial charge is 0.320 e. The van der Waals surface area contributed by atoms with Crippen LogP contribution < -0.4 is 10.6 Å². The van der Waals surface area contributed by atoms with Gasteiger partial charge in [-0.25, -0.2) is 0 Å². The minimum atomic E-state index is -0.380. The molecule has 0 bridgehead atoms. The first-order valence-electron chi connectivity index (χ1n) is 5.01. The molecule has 2 N–H and O–H groups in total. The lowest BCUT2D eigenvalue weighted by molar-refractivity contribution is -0.120. The third kappa shape index (κ3) is 1.98. The normalized spacial score (nSPS) is 21.9. The molecule has 80 valence electrons. The van der Waals surface area contributed by atoms with Crippen LogP contribution in [-0.4, -0.2) is 18.5 Å². The fraction of sp³-hybridized carbons (Fsp3) is 0.364. The van der Waals surface area contributed by atoms with Crippen LogP contribution in [0.4, 0.5) is 5.69 Å². The van der Waals surface area contributed by atoms with Gasteiger partial charge in [0, 0.05) is 6.54 Å². The monoisotopic (exact) mass is 224 g/mol. The van der Waals surface area contributed by atoms with Crippen LogP contribution in [0.25, 0.3) is 0 Å². The molecule has 1 heterocycles. The molecule has 2 rings (SSSR count). The summed E-state index contributed by atoms with van der Waals surface area (Å²) in [7, 11) is 0. The highest BCUT2D eigenvalue weighted by Crippen LogP contribution is 2.27. The van der Waals surface area contributed by atoms with E-state index in [9.17, 15) is 4.79 Å². The van der Waals surface area contributed by atoms with Gasteiger partial charge in [0.1, 0.15) is 0 Å². The SMILES string of the molecule is N[C@@H]1CCCN(c2ccccc2Cl)C1=O. The first-order valence-corrected chi connectivity index (χ1v) is 5.39. The van der Waals surface area contributed by atoms with Crippen molar-refractivity contribution in [2.24, 2.45) is 5.73 Å². The lowest BCUT2D eigenvalue weighted by atomic mass is 10.1. The second kappa shape index (κ2) is 4.21. The Morgan fingerprint density at radius 3 is 2.87 bits per heavy atom. The minimum absolute atomic E-state index is 0.0330. The molecule has 1 amide bonds. The van der Waals surface area contributed by atoms with Gasteiger partial charge in [-0.15, -0.1) is 0 Å². The molecule has 1 aliphatic heterocycles. The fourth-order valence-electron chi connectivity index (χ4n) is 1.81. The number of hydrogen-bond donors (Lipinski definition) is 1. The predicted octanol–water partition coefficient (Wildman–Crippen LogP) is 1.79. The van der Waals surface area contributed by atoms with E-state index in [4.69, 9.17) is 17.3 Å². The van der Waals surface area contributed by atoms with E-state index in [1.165, 1.54) is 0 Å². The van der Waals surface area contributed by atoms with Gasteiger partial charge in [-0.1, -0.05) is 23.7 Å². The second-order valence-corrected chi connectivity index (χ2v) is 4.10. The van der Waals surface area contributed by atoms with E-state index in [0.717, 1.165) is 18.5 Å². The highest BCUT2D eigenvalue weighted by molar-refractivity contribution is 6.33. The molecule has 1 fully saturated rings. The molecule has 15 heavy (non-hydrogen) atoms. The van der Waals surface area contributed by atoms with Crippen molar-refractivity contribution in [2.75, 3.05) is 11.4 Å². The molecule has 0 unspecified atom stereocenters. The molecule has 0 aromatic heterocycles. The van der Waals surface area contributed by atoms with E-state index in [0.29, 0.717) is 11.6 Å². The number of carbonyl (C=O) groups is 1. The Balaban J connectivity index is 2.30. The molecule has 3 nitrogen and oxygen atoms in total. The van der Waals surface area contributed by atoms with E-state index in [1.54, 1.807) is 11.0 Å². The molecule has 1 saturated heterocycles. The summed E-state index contributed by atoms with van der Waals surface area (Å²) in [6.07, 6.45) is 1.69. The number of anilines is 1. The topological polar surface area (TPSA) is 46.3 Å². The molecule has 1 aromatic carbocycles. The molecule has 4 heteroatoms. The van der Waals surface area contributed by atoms with Crippen molar-refractivity contribution in [2.45, 2.75) is 18.9 Å². The summed E-state index contributed by atoms with van der Waals surface area (Å²) in [5, 5.41) is 0.597. The lowest BCUT2D eigenvalue weighted by Gasteiger charge is -2.30. The van der Waals surface area contributed by atoms with Crippen LogP contribution in [0.5, 0.6) is 0 Å². The second-order valence-electron chi connectivity index (χ2n) is 3.69. The van der Waals surface area contributed by atoms with Gasteiger partial charge in [0.15, 0.2) is 0 Å². The van der Waals surface area contributed by atoms with Gasteiger partial charge in [0.25, 0.3) is 0 Å². The zero-order valence-electron chi connectivity index (χ0n) is 8.32. The number of para-hydroxylation sites is 1. The van der Waals surface area contributed by atoms with Crippen molar-refractivity contribution in [3.63, 3.8) is 0 Å². The van der Waals surface area contributed by atoms with E-state index in [1.807, 2.05) is 18.2 Å². The summed E-state index contributed by atoms with van der Waals surface area (Å²) < 4.78 is 0. The smallest absolute Gasteiger partial charge is 0.243 e. The van der Waals surface area contributed by atoms with E-state index in [-0.39, 0.29) is 11.9 Å². The van der Waals surface area contributed by atoms with Crippen LogP contribution in [0.15, 0.2) is 24.3 Å². The molecule has 0 spiro atoms. The maximum absolute atomic E-state index is 11.8. The van der Waals surface area contributed by atoms with Gasteiger partial charge in [-0.2, -0.15) is 0 Å². The molecule has 0 aliphatic carbocycles. The summed E-state index contributed by atoms with van der Waals surface area (Å²) in [6, 6.07) is 6.97. The van der Waals surface area contributed by atoms with E-state index < -0.39 is 0 Å². The van der Waals surface area contributed by atoms with Crippen LogP contribution in [0, 0.1) is 0 Å². The Morgan fingerprint density at radius 2 is 2.13 bits per heavy atom. The van der Waals surface area contributed by atoms with Crippen molar-refractivity contribution in [3.05, 3.63) is 29.3 Å². The zero-order chi connectivity index (χ0) is 10.8. The number of amides is 1. The number of piperidine rings is 1. The Bertz CT molecular complexity index is 381. The standard InChI is InChI=1S/C11H13ClN2O/c12-8-4-1-2-6-10(8)14-7-3-5-9(13)11(14)15/h1-2,4,6,9H,3,5,7,13H2/t9-/m1/s1. The zero-order valence-corrected chi connectivity index (χ0v) is 9.07. The first-order chi connectivity index (χ1) is 7.20. The summed E-state index contributed by atoms with van der Waals surface area (Å²) >= 11 is 6.04. The van der Waals surface area contributed by atoms with Crippen LogP contribution in [0.1, 0.15) is 12.8 Å². The van der Waals surface area contributed by atoms with Gasteiger partial charge < -0.3 is 10.6 Å². The highest BCUT2D eigenvalue weighted by atomic mass is 35.5. The number of benzene rings is 1. The molecule has 1 atom stereocenters. The van der Waals surface area contributed by atoms with Gasteiger partial charge in [0.2, 0.25) is 5.91 Å². The summed E-state index contributed by atoms with van der Waals surface area (Å²) in [6.45, 7) is 0.705. The van der Waals surface area contributed by atoms with Gasteiger partial charge in [-0.05, 0) is 25.0 Å². The first kappa shape index (κ1) is 10.5. The summed E-state index contributed by atoms with van der Waals surface area (Å²) in [5.41, 5.74) is 6.49. The Morgan fingerprint density at radius 1 is 1.40 bits per heavy atom. The van der Waals surface area contributed by atoms with Crippen LogP contribution in [0.2, 0.25) is 5.02 Å². The Hall–Kier alpha value is -1.06. The molecule has 1 aromatic rings. The number of rotatable bonds is 1. The van der Waals surface area contributed by atoms with Crippen molar-refractivity contribution < 1.29 is 4.79 Å². The van der Waals surface area contributed by atoms with Crippen molar-refractivity contribution in [1.82, 2.24) is 0 Å². The lowest BCUT2D eigenvalue weighted by Crippen LogP contribution is -2.48. The number of carbonyl (C=O) groups excluding carboxylic acids is 1. The summed E-state index contributed by atoms with van der Waals surface area (Å²) in [4.78, 5) is 13.5. The Kier molecular flexibility index (Phi) is 2.93. The minimum Gasteiger partial charge on any atom is -0.320 e. The molecule has 0 saturated carbocycles. The van der Waals surface area contributed by atoms with E-state index >= 15 is 0 Å². The number of nitrogens with two attached hydrogens (primary N) is 1. The third-order valence-electron chi connectivity index (χ3n) is 2.62. The van der Waals surface area contributed by atoms with Gasteiger partial charge >= 0.3 is 0 Å². The maximum Gasteiger partial charge on any atom is 0.243 e. The van der Waals surface area contributed by atoms with Crippen molar-refractivity contribution in [1.29, 1.82) is 0 Å². The van der Waals surface area contributed by atoms with Gasteiger partial charge in [-0.3, -0.25) is 4.79 Å². The van der Waals surface area contributed by atoms with Crippen LogP contribution >= 0.6 is 11.6 Å². The highest BCUT2D eigenvalue weighted by Gasteiger charge is 2.27. The fourth-order valence-corrected chi connectivity index (χ4v) is 2.05.